The molecule has 0 unspecified atom stereocenters. The Bertz CT molecular complexity index is 882. The summed E-state index contributed by atoms with van der Waals surface area (Å²) in [6.45, 7) is 0. The van der Waals surface area contributed by atoms with Gasteiger partial charge in [0.05, 0.1) is 10.6 Å². The van der Waals surface area contributed by atoms with Crippen LogP contribution in [0.4, 0.5) is 11.4 Å². The molecule has 110 valence electrons. The Morgan fingerprint density at radius 2 is 1.86 bits per heavy atom. The van der Waals surface area contributed by atoms with Gasteiger partial charge in [0.25, 0.3) is 5.69 Å². The molecule has 0 fully saturated rings. The van der Waals surface area contributed by atoms with Gasteiger partial charge in [-0.1, -0.05) is 29.8 Å². The molecule has 5 nitrogen and oxygen atoms in total. The number of nitro groups is 1. The Balaban J connectivity index is 1.99. The number of non-ortho nitro benzene ring substituents is 1. The van der Waals surface area contributed by atoms with Crippen molar-refractivity contribution in [2.45, 2.75) is 0 Å². The van der Waals surface area contributed by atoms with Gasteiger partial charge >= 0.3 is 0 Å². The molecule has 1 aromatic heterocycles. The lowest BCUT2D eigenvalue weighted by atomic mass is 10.2. The highest BCUT2D eigenvalue weighted by Crippen LogP contribution is 2.28. The van der Waals surface area contributed by atoms with Crippen molar-refractivity contribution < 1.29 is 4.92 Å². The maximum atomic E-state index is 10.6. The number of para-hydroxylation sites is 1. The van der Waals surface area contributed by atoms with E-state index in [0.717, 1.165) is 16.5 Å². The van der Waals surface area contributed by atoms with Crippen LogP contribution in [0.25, 0.3) is 10.9 Å². The van der Waals surface area contributed by atoms with Crippen molar-refractivity contribution in [3.8, 4) is 0 Å². The maximum absolute atomic E-state index is 10.6. The van der Waals surface area contributed by atoms with Gasteiger partial charge in [-0.15, -0.1) is 0 Å². The summed E-state index contributed by atoms with van der Waals surface area (Å²) in [6.07, 6.45) is 1.69. The number of aryl methyl sites for hydroxylation is 1. The summed E-state index contributed by atoms with van der Waals surface area (Å²) in [5, 5.41) is 12.3. The van der Waals surface area contributed by atoms with Crippen molar-refractivity contribution in [2.75, 3.05) is 0 Å². The van der Waals surface area contributed by atoms with Crippen LogP contribution < -0.4 is 0 Å². The average Bonchev–Trinajstić information content (AvgIpc) is 2.78. The quantitative estimate of drug-likeness (QED) is 0.406. The van der Waals surface area contributed by atoms with Crippen LogP contribution in [0.1, 0.15) is 5.56 Å². The molecule has 3 rings (SSSR count). The SMILES string of the molecule is Cn1c(Cl)c(C=Nc2ccc([N+](=O)[O-])cc2)c2ccccc21. The van der Waals surface area contributed by atoms with Gasteiger partial charge in [-0.2, -0.15) is 0 Å². The van der Waals surface area contributed by atoms with E-state index in [2.05, 4.69) is 4.99 Å². The summed E-state index contributed by atoms with van der Waals surface area (Å²) >= 11 is 6.35. The number of aromatic nitrogens is 1. The fraction of sp³-hybridized carbons (Fsp3) is 0.0625. The van der Waals surface area contributed by atoms with Crippen LogP contribution in [0.5, 0.6) is 0 Å². The van der Waals surface area contributed by atoms with Crippen molar-refractivity contribution in [1.82, 2.24) is 4.57 Å². The molecular formula is C16H12ClN3O2. The largest absolute Gasteiger partial charge is 0.334 e. The number of nitro benzene ring substituents is 1. The molecule has 6 heteroatoms. The van der Waals surface area contributed by atoms with Gasteiger partial charge in [0.15, 0.2) is 0 Å². The monoisotopic (exact) mass is 313 g/mol. The molecule has 0 bridgehead atoms. The van der Waals surface area contributed by atoms with Crippen LogP contribution in [0.2, 0.25) is 5.15 Å². The number of nitrogens with zero attached hydrogens (tertiary/aromatic N) is 3. The molecule has 2 aromatic carbocycles. The lowest BCUT2D eigenvalue weighted by Gasteiger charge is -1.95. The highest BCUT2D eigenvalue weighted by Gasteiger charge is 2.11. The molecule has 0 aliphatic heterocycles. The Morgan fingerprint density at radius 3 is 2.55 bits per heavy atom. The molecule has 0 aliphatic rings. The second-order valence-electron chi connectivity index (χ2n) is 4.81. The average molecular weight is 314 g/mol. The van der Waals surface area contributed by atoms with Gasteiger partial charge < -0.3 is 4.57 Å². The number of aliphatic imine (C=N–C) groups is 1. The number of rotatable bonds is 3. The molecule has 0 N–H and O–H groups in total. The minimum absolute atomic E-state index is 0.0437. The van der Waals surface area contributed by atoms with E-state index >= 15 is 0 Å². The number of halogens is 1. The minimum Gasteiger partial charge on any atom is -0.334 e. The van der Waals surface area contributed by atoms with E-state index in [0.29, 0.717) is 10.8 Å². The maximum Gasteiger partial charge on any atom is 0.269 e. The third kappa shape index (κ3) is 2.46. The molecule has 0 aliphatic carbocycles. The van der Waals surface area contributed by atoms with E-state index in [4.69, 9.17) is 11.6 Å². The molecule has 1 heterocycles. The standard InChI is InChI=1S/C16H12ClN3O2/c1-19-15-5-3-2-4-13(15)14(16(19)17)10-18-11-6-8-12(9-7-11)20(21)22/h2-10H,1H3. The first-order chi connectivity index (χ1) is 10.6. The summed E-state index contributed by atoms with van der Waals surface area (Å²) < 4.78 is 1.90. The third-order valence-electron chi connectivity index (χ3n) is 3.48. The van der Waals surface area contributed by atoms with E-state index in [-0.39, 0.29) is 5.69 Å². The Hall–Kier alpha value is -2.66. The molecule has 0 spiro atoms. The van der Waals surface area contributed by atoms with E-state index in [9.17, 15) is 10.1 Å². The molecule has 22 heavy (non-hydrogen) atoms. The zero-order valence-corrected chi connectivity index (χ0v) is 12.5. The molecule has 3 aromatic rings. The van der Waals surface area contributed by atoms with E-state index in [1.165, 1.54) is 12.1 Å². The van der Waals surface area contributed by atoms with Crippen molar-refractivity contribution in [3.63, 3.8) is 0 Å². The van der Waals surface area contributed by atoms with Crippen LogP contribution in [-0.2, 0) is 7.05 Å². The van der Waals surface area contributed by atoms with Gasteiger partial charge in [0.2, 0.25) is 0 Å². The van der Waals surface area contributed by atoms with Crippen molar-refractivity contribution >= 4 is 40.1 Å². The first-order valence-electron chi connectivity index (χ1n) is 6.59. The summed E-state index contributed by atoms with van der Waals surface area (Å²) in [4.78, 5) is 14.6. The van der Waals surface area contributed by atoms with Crippen LogP contribution in [0.3, 0.4) is 0 Å². The number of hydrogen-bond acceptors (Lipinski definition) is 3. The van der Waals surface area contributed by atoms with E-state index in [1.807, 2.05) is 35.9 Å². The van der Waals surface area contributed by atoms with Crippen molar-refractivity contribution in [1.29, 1.82) is 0 Å². The number of hydrogen-bond donors (Lipinski definition) is 0. The second-order valence-corrected chi connectivity index (χ2v) is 5.17. The Kier molecular flexibility index (Phi) is 3.65. The summed E-state index contributed by atoms with van der Waals surface area (Å²) in [7, 11) is 1.90. The van der Waals surface area contributed by atoms with E-state index in [1.54, 1.807) is 18.3 Å². The van der Waals surface area contributed by atoms with Gasteiger partial charge in [-0.25, -0.2) is 0 Å². The summed E-state index contributed by atoms with van der Waals surface area (Å²) in [5.41, 5.74) is 2.53. The first kappa shape index (κ1) is 14.3. The predicted octanol–water partition coefficient (Wildman–Crippen LogP) is 4.49. The van der Waals surface area contributed by atoms with Gasteiger partial charge in [-0.05, 0) is 18.2 Å². The molecular weight excluding hydrogens is 302 g/mol. The van der Waals surface area contributed by atoms with Crippen LogP contribution in [-0.4, -0.2) is 15.7 Å². The molecule has 0 amide bonds. The van der Waals surface area contributed by atoms with Gasteiger partial charge in [-0.3, -0.25) is 15.1 Å². The second kappa shape index (κ2) is 5.61. The fourth-order valence-corrected chi connectivity index (χ4v) is 2.56. The third-order valence-corrected chi connectivity index (χ3v) is 3.93. The van der Waals surface area contributed by atoms with Crippen LogP contribution in [0.15, 0.2) is 53.5 Å². The minimum atomic E-state index is -0.435. The smallest absolute Gasteiger partial charge is 0.269 e. The lowest BCUT2D eigenvalue weighted by molar-refractivity contribution is -0.384. The lowest BCUT2D eigenvalue weighted by Crippen LogP contribution is -1.87. The van der Waals surface area contributed by atoms with Gasteiger partial charge in [0, 0.05) is 41.9 Å². The number of fused-ring (bicyclic) bond motifs is 1. The Labute approximate surface area is 131 Å². The zero-order chi connectivity index (χ0) is 15.7. The van der Waals surface area contributed by atoms with Gasteiger partial charge in [0.1, 0.15) is 5.15 Å². The molecule has 0 radical (unpaired) electrons. The highest BCUT2D eigenvalue weighted by molar-refractivity contribution is 6.34. The van der Waals surface area contributed by atoms with Crippen LogP contribution >= 0.6 is 11.6 Å². The molecule has 0 saturated carbocycles. The normalized spacial score (nSPS) is 11.4. The molecule has 0 atom stereocenters. The number of benzene rings is 2. The van der Waals surface area contributed by atoms with Crippen molar-refractivity contribution in [2.24, 2.45) is 12.0 Å². The topological polar surface area (TPSA) is 60.4 Å². The van der Waals surface area contributed by atoms with Crippen LogP contribution in [0, 0.1) is 10.1 Å². The fourth-order valence-electron chi connectivity index (χ4n) is 2.31. The Morgan fingerprint density at radius 1 is 1.18 bits per heavy atom. The summed E-state index contributed by atoms with van der Waals surface area (Å²) in [5.74, 6) is 0. The summed E-state index contributed by atoms with van der Waals surface area (Å²) in [6, 6.07) is 13.9. The predicted molar refractivity (Wildman–Crippen MR) is 88.3 cm³/mol. The first-order valence-corrected chi connectivity index (χ1v) is 6.97. The zero-order valence-electron chi connectivity index (χ0n) is 11.7. The van der Waals surface area contributed by atoms with E-state index < -0.39 is 4.92 Å². The van der Waals surface area contributed by atoms with Crippen molar-refractivity contribution in [3.05, 3.63) is 69.4 Å². The highest BCUT2D eigenvalue weighted by atomic mass is 35.5. The molecule has 0 saturated heterocycles.